The van der Waals surface area contributed by atoms with Gasteiger partial charge in [0.2, 0.25) is 0 Å². The first kappa shape index (κ1) is 15.2. The molecule has 3 heterocycles. The molecule has 3 aromatic rings. The molecular formula is C19H15ClFN3S. The van der Waals surface area contributed by atoms with Gasteiger partial charge in [-0.3, -0.25) is 0 Å². The van der Waals surface area contributed by atoms with Crippen LogP contribution in [0.5, 0.6) is 0 Å². The van der Waals surface area contributed by atoms with Crippen molar-refractivity contribution in [3.8, 4) is 0 Å². The normalized spacial score (nSPS) is 19.6. The Morgan fingerprint density at radius 1 is 1.20 bits per heavy atom. The second-order valence-corrected chi connectivity index (χ2v) is 7.70. The Morgan fingerprint density at radius 3 is 3.04 bits per heavy atom. The average Bonchev–Trinajstić information content (AvgIpc) is 3.30. The Kier molecular flexibility index (Phi) is 3.47. The fraction of sp³-hybridized carbons (Fsp3) is 0.211. The zero-order chi connectivity index (χ0) is 17.0. The quantitative estimate of drug-likeness (QED) is 0.589. The van der Waals surface area contributed by atoms with E-state index in [0.717, 1.165) is 35.2 Å². The van der Waals surface area contributed by atoms with Gasteiger partial charge >= 0.3 is 0 Å². The van der Waals surface area contributed by atoms with Gasteiger partial charge in [0.15, 0.2) is 0 Å². The Bertz CT molecular complexity index is 999. The maximum atomic E-state index is 14.5. The number of hydrogen-bond acceptors (Lipinski definition) is 4. The van der Waals surface area contributed by atoms with Crippen LogP contribution in [-0.4, -0.2) is 16.4 Å². The molecule has 3 nitrogen and oxygen atoms in total. The highest BCUT2D eigenvalue weighted by Crippen LogP contribution is 2.44. The Labute approximate surface area is 154 Å². The summed E-state index contributed by atoms with van der Waals surface area (Å²) in [5.41, 5.74) is 5.78. The third kappa shape index (κ3) is 2.41. The van der Waals surface area contributed by atoms with Crippen LogP contribution < -0.4 is 4.90 Å². The molecule has 6 heteroatoms. The lowest BCUT2D eigenvalue weighted by molar-refractivity contribution is 0.318. The fourth-order valence-electron chi connectivity index (χ4n) is 3.77. The van der Waals surface area contributed by atoms with Gasteiger partial charge in [-0.05, 0) is 48.7 Å². The molecule has 0 aliphatic carbocycles. The number of thiazole rings is 1. The number of hydrogen-bond donors (Lipinski definition) is 0. The van der Waals surface area contributed by atoms with Gasteiger partial charge in [0.05, 0.1) is 21.4 Å². The van der Waals surface area contributed by atoms with Gasteiger partial charge in [0.25, 0.3) is 0 Å². The Morgan fingerprint density at radius 2 is 2.12 bits per heavy atom. The molecule has 5 rings (SSSR count). The zero-order valence-corrected chi connectivity index (χ0v) is 14.9. The van der Waals surface area contributed by atoms with Crippen LogP contribution in [0.2, 0.25) is 5.02 Å². The minimum Gasteiger partial charge on any atom is -0.349 e. The Hall–Kier alpha value is -2.11. The maximum absolute atomic E-state index is 14.5. The summed E-state index contributed by atoms with van der Waals surface area (Å²) in [6.45, 7) is 0.982. The summed E-state index contributed by atoms with van der Waals surface area (Å²) in [5, 5.41) is 0.540. The third-order valence-electron chi connectivity index (χ3n) is 4.89. The van der Waals surface area contributed by atoms with Gasteiger partial charge in [0.1, 0.15) is 12.0 Å². The van der Waals surface area contributed by atoms with Crippen molar-refractivity contribution in [3.63, 3.8) is 0 Å². The molecule has 1 fully saturated rings. The second-order valence-electron chi connectivity index (χ2n) is 6.37. The van der Waals surface area contributed by atoms with Crippen molar-refractivity contribution in [1.82, 2.24) is 9.88 Å². The molecule has 0 radical (unpaired) electrons. The van der Waals surface area contributed by atoms with Crippen LogP contribution in [-0.2, 0) is 0 Å². The van der Waals surface area contributed by atoms with Crippen molar-refractivity contribution in [2.75, 3.05) is 11.4 Å². The van der Waals surface area contributed by atoms with Crippen LogP contribution in [0.1, 0.15) is 24.6 Å². The van der Waals surface area contributed by atoms with E-state index >= 15 is 0 Å². The first-order valence-electron chi connectivity index (χ1n) is 8.24. The van der Waals surface area contributed by atoms with Crippen LogP contribution in [0, 0.1) is 5.82 Å². The number of aromatic nitrogens is 1. The highest BCUT2D eigenvalue weighted by Gasteiger charge is 2.37. The van der Waals surface area contributed by atoms with Crippen LogP contribution in [0.25, 0.3) is 10.2 Å². The molecule has 0 amide bonds. The SMILES string of the molecule is Fc1ccc(Cl)cc1N1C=C2CCCN2C1c1ccc2ncsc2c1. The van der Waals surface area contributed by atoms with E-state index in [-0.39, 0.29) is 12.0 Å². The van der Waals surface area contributed by atoms with Crippen molar-refractivity contribution in [3.05, 3.63) is 70.2 Å². The van der Waals surface area contributed by atoms with Crippen LogP contribution in [0.3, 0.4) is 0 Å². The number of rotatable bonds is 2. The smallest absolute Gasteiger partial charge is 0.147 e. The average molecular weight is 372 g/mol. The van der Waals surface area contributed by atoms with Gasteiger partial charge in [-0.1, -0.05) is 17.7 Å². The highest BCUT2D eigenvalue weighted by molar-refractivity contribution is 7.16. The van der Waals surface area contributed by atoms with Gasteiger partial charge in [0, 0.05) is 23.5 Å². The van der Waals surface area contributed by atoms with Crippen LogP contribution in [0.15, 0.2) is 53.8 Å². The van der Waals surface area contributed by atoms with Crippen molar-refractivity contribution in [2.24, 2.45) is 0 Å². The van der Waals surface area contributed by atoms with E-state index in [0.29, 0.717) is 10.7 Å². The first-order chi connectivity index (χ1) is 12.2. The molecule has 0 spiro atoms. The molecule has 2 aromatic carbocycles. The lowest BCUT2D eigenvalue weighted by Gasteiger charge is -2.32. The molecular weight excluding hydrogens is 357 g/mol. The Balaban J connectivity index is 1.65. The summed E-state index contributed by atoms with van der Waals surface area (Å²) in [6.07, 6.45) is 4.19. The summed E-state index contributed by atoms with van der Waals surface area (Å²) >= 11 is 7.77. The standard InChI is InChI=1S/C19H15ClFN3S/c20-13-4-5-15(21)17(9-13)24-10-14-2-1-7-23(14)19(24)12-3-6-16-18(8-12)25-11-22-16/h3-6,8-11,19H,1-2,7H2. The van der Waals surface area contributed by atoms with E-state index in [9.17, 15) is 4.39 Å². The van der Waals surface area contributed by atoms with E-state index in [2.05, 4.69) is 28.2 Å². The summed E-state index contributed by atoms with van der Waals surface area (Å²) in [6, 6.07) is 11.0. The van der Waals surface area contributed by atoms with Gasteiger partial charge in [-0.2, -0.15) is 0 Å². The molecule has 0 N–H and O–H groups in total. The number of fused-ring (bicyclic) bond motifs is 2. The largest absolute Gasteiger partial charge is 0.349 e. The number of nitrogens with zero attached hydrogens (tertiary/aromatic N) is 3. The topological polar surface area (TPSA) is 19.4 Å². The van der Waals surface area contributed by atoms with Gasteiger partial charge < -0.3 is 9.80 Å². The molecule has 1 unspecified atom stereocenters. The van der Waals surface area contributed by atoms with E-state index < -0.39 is 0 Å². The van der Waals surface area contributed by atoms with E-state index in [1.807, 2.05) is 16.5 Å². The van der Waals surface area contributed by atoms with Crippen LogP contribution >= 0.6 is 22.9 Å². The first-order valence-corrected chi connectivity index (χ1v) is 9.50. The van der Waals surface area contributed by atoms with Gasteiger partial charge in [-0.25, -0.2) is 9.37 Å². The summed E-state index contributed by atoms with van der Waals surface area (Å²) in [4.78, 5) is 8.73. The van der Waals surface area contributed by atoms with Crippen LogP contribution in [0.4, 0.5) is 10.1 Å². The fourth-order valence-corrected chi connectivity index (χ4v) is 4.67. The van der Waals surface area contributed by atoms with Gasteiger partial charge in [-0.15, -0.1) is 11.3 Å². The highest BCUT2D eigenvalue weighted by atomic mass is 35.5. The van der Waals surface area contributed by atoms with E-state index in [4.69, 9.17) is 11.6 Å². The lowest BCUT2D eigenvalue weighted by atomic mass is 10.1. The summed E-state index contributed by atoms with van der Waals surface area (Å²) < 4.78 is 15.7. The van der Waals surface area contributed by atoms with E-state index in [1.165, 1.54) is 11.8 Å². The predicted octanol–water partition coefficient (Wildman–Crippen LogP) is 5.54. The monoisotopic (exact) mass is 371 g/mol. The summed E-state index contributed by atoms with van der Waals surface area (Å²) in [5.74, 6) is -0.258. The molecule has 1 saturated heterocycles. The number of benzene rings is 2. The van der Waals surface area contributed by atoms with Crippen molar-refractivity contribution in [2.45, 2.75) is 19.0 Å². The molecule has 25 heavy (non-hydrogen) atoms. The second kappa shape index (κ2) is 5.71. The predicted molar refractivity (Wildman–Crippen MR) is 100 cm³/mol. The molecule has 2 aliphatic heterocycles. The minimum absolute atomic E-state index is 0.0445. The molecule has 2 aliphatic rings. The van der Waals surface area contributed by atoms with Crippen molar-refractivity contribution in [1.29, 1.82) is 0 Å². The molecule has 1 atom stereocenters. The third-order valence-corrected chi connectivity index (χ3v) is 5.91. The van der Waals surface area contributed by atoms with E-state index in [1.54, 1.807) is 23.5 Å². The molecule has 1 aromatic heterocycles. The lowest BCUT2D eigenvalue weighted by Crippen LogP contribution is -2.31. The van der Waals surface area contributed by atoms with Crippen molar-refractivity contribution >= 4 is 38.8 Å². The maximum Gasteiger partial charge on any atom is 0.147 e. The molecule has 0 saturated carbocycles. The number of allylic oxidation sites excluding steroid dienone is 1. The molecule has 0 bridgehead atoms. The zero-order valence-electron chi connectivity index (χ0n) is 13.3. The summed E-state index contributed by atoms with van der Waals surface area (Å²) in [7, 11) is 0. The minimum atomic E-state index is -0.258. The van der Waals surface area contributed by atoms with Crippen molar-refractivity contribution < 1.29 is 4.39 Å². The number of anilines is 1. The molecule has 126 valence electrons. The number of halogens is 2.